The number of carbonyl (C=O) groups is 2. The number of hydrogen-bond donors (Lipinski definition) is 2. The summed E-state index contributed by atoms with van der Waals surface area (Å²) in [6, 6.07) is 5.70. The van der Waals surface area contributed by atoms with Gasteiger partial charge in [-0.25, -0.2) is 0 Å². The molecule has 170 valence electrons. The van der Waals surface area contributed by atoms with Crippen molar-refractivity contribution in [3.63, 3.8) is 0 Å². The Kier molecular flexibility index (Phi) is 7.57. The van der Waals surface area contributed by atoms with Crippen LogP contribution in [0.1, 0.15) is 11.6 Å². The van der Waals surface area contributed by atoms with Crippen molar-refractivity contribution < 1.29 is 28.5 Å². The first-order valence-electron chi connectivity index (χ1n) is 10.8. The van der Waals surface area contributed by atoms with Crippen molar-refractivity contribution >= 4 is 11.8 Å². The molecule has 0 saturated carbocycles. The second-order valence-electron chi connectivity index (χ2n) is 7.70. The lowest BCUT2D eigenvalue weighted by Gasteiger charge is -2.35. The van der Waals surface area contributed by atoms with Gasteiger partial charge in [-0.1, -0.05) is 6.07 Å². The van der Waals surface area contributed by atoms with Gasteiger partial charge in [-0.3, -0.25) is 19.4 Å². The molecule has 2 amide bonds. The zero-order chi connectivity index (χ0) is 21.5. The van der Waals surface area contributed by atoms with Crippen molar-refractivity contribution in [3.8, 4) is 11.5 Å². The van der Waals surface area contributed by atoms with Crippen LogP contribution in [0.3, 0.4) is 0 Å². The van der Waals surface area contributed by atoms with Gasteiger partial charge in [0.25, 0.3) is 0 Å². The van der Waals surface area contributed by atoms with E-state index in [0.29, 0.717) is 57.6 Å². The van der Waals surface area contributed by atoms with Crippen LogP contribution in [-0.4, -0.2) is 101 Å². The largest absolute Gasteiger partial charge is 0.454 e. The number of carbonyl (C=O) groups excluding carboxylic acids is 2. The fourth-order valence-electron chi connectivity index (χ4n) is 3.97. The Bertz CT molecular complexity index is 764. The lowest BCUT2D eigenvalue weighted by molar-refractivity contribution is -0.139. The third kappa shape index (κ3) is 5.85. The van der Waals surface area contributed by atoms with E-state index in [1.165, 1.54) is 0 Å². The number of ether oxygens (including phenoxy) is 4. The van der Waals surface area contributed by atoms with Crippen molar-refractivity contribution in [2.45, 2.75) is 6.04 Å². The van der Waals surface area contributed by atoms with E-state index in [4.69, 9.17) is 18.9 Å². The van der Waals surface area contributed by atoms with Gasteiger partial charge in [0.1, 0.15) is 0 Å². The van der Waals surface area contributed by atoms with Gasteiger partial charge in [0.2, 0.25) is 6.79 Å². The molecule has 0 radical (unpaired) electrons. The molecule has 4 rings (SSSR count). The van der Waals surface area contributed by atoms with Crippen LogP contribution in [0.15, 0.2) is 18.2 Å². The van der Waals surface area contributed by atoms with Gasteiger partial charge in [-0.15, -0.1) is 0 Å². The molecule has 2 fully saturated rings. The summed E-state index contributed by atoms with van der Waals surface area (Å²) in [6.45, 7) is 7.54. The Balaban J connectivity index is 1.31. The highest BCUT2D eigenvalue weighted by Gasteiger charge is 2.26. The molecule has 0 bridgehead atoms. The molecule has 10 nitrogen and oxygen atoms in total. The van der Waals surface area contributed by atoms with Gasteiger partial charge >= 0.3 is 11.8 Å². The van der Waals surface area contributed by atoms with Gasteiger partial charge in [-0.2, -0.15) is 0 Å². The van der Waals surface area contributed by atoms with Gasteiger partial charge < -0.3 is 29.6 Å². The molecule has 0 spiro atoms. The smallest absolute Gasteiger partial charge is 0.309 e. The fourth-order valence-corrected chi connectivity index (χ4v) is 3.97. The van der Waals surface area contributed by atoms with Crippen LogP contribution in [0.4, 0.5) is 0 Å². The van der Waals surface area contributed by atoms with E-state index >= 15 is 0 Å². The average molecular weight is 434 g/mol. The minimum absolute atomic E-state index is 0.0940. The quantitative estimate of drug-likeness (QED) is 0.547. The molecule has 0 aliphatic carbocycles. The standard InChI is InChI=1S/C21H30N4O6/c26-20(22-3-4-24-5-9-28-10-6-24)21(27)23-14-17(25-7-11-29-12-8-25)16-1-2-18-19(13-16)31-15-30-18/h1-2,13,17H,3-12,14-15H2,(H,22,26)(H,23,27). The van der Waals surface area contributed by atoms with Gasteiger partial charge in [0, 0.05) is 45.8 Å². The summed E-state index contributed by atoms with van der Waals surface area (Å²) in [4.78, 5) is 29.1. The summed E-state index contributed by atoms with van der Waals surface area (Å²) < 4.78 is 21.7. The van der Waals surface area contributed by atoms with Gasteiger partial charge in [-0.05, 0) is 17.7 Å². The molecule has 1 aromatic rings. The summed E-state index contributed by atoms with van der Waals surface area (Å²) in [5.74, 6) is 0.178. The maximum atomic E-state index is 12.4. The first-order valence-corrected chi connectivity index (χ1v) is 10.8. The summed E-state index contributed by atoms with van der Waals surface area (Å²) in [7, 11) is 0. The predicted molar refractivity (Wildman–Crippen MR) is 111 cm³/mol. The molecular weight excluding hydrogens is 404 g/mol. The van der Waals surface area contributed by atoms with E-state index in [1.807, 2.05) is 18.2 Å². The molecule has 10 heteroatoms. The lowest BCUT2D eigenvalue weighted by atomic mass is 10.0. The van der Waals surface area contributed by atoms with Crippen molar-refractivity contribution in [1.82, 2.24) is 20.4 Å². The lowest BCUT2D eigenvalue weighted by Crippen LogP contribution is -2.48. The number of fused-ring (bicyclic) bond motifs is 1. The Labute approximate surface area is 181 Å². The molecule has 31 heavy (non-hydrogen) atoms. The number of rotatable bonds is 7. The molecule has 2 saturated heterocycles. The number of morpholine rings is 2. The number of amides is 2. The third-order valence-corrected chi connectivity index (χ3v) is 5.75. The van der Waals surface area contributed by atoms with Crippen LogP contribution in [0.2, 0.25) is 0 Å². The molecule has 2 N–H and O–H groups in total. The molecule has 1 atom stereocenters. The summed E-state index contributed by atoms with van der Waals surface area (Å²) in [5.41, 5.74) is 0.999. The number of benzene rings is 1. The first kappa shape index (κ1) is 21.8. The Morgan fingerprint density at radius 1 is 0.903 bits per heavy atom. The minimum atomic E-state index is -0.624. The minimum Gasteiger partial charge on any atom is -0.454 e. The maximum absolute atomic E-state index is 12.4. The molecule has 1 unspecified atom stereocenters. The van der Waals surface area contributed by atoms with Crippen LogP contribution in [0.25, 0.3) is 0 Å². The second kappa shape index (κ2) is 10.8. The average Bonchev–Trinajstić information content (AvgIpc) is 3.28. The monoisotopic (exact) mass is 434 g/mol. The fraction of sp³-hybridized carbons (Fsp3) is 0.619. The second-order valence-corrected chi connectivity index (χ2v) is 7.70. The van der Waals surface area contributed by atoms with Crippen LogP contribution >= 0.6 is 0 Å². The molecule has 0 aromatic heterocycles. The van der Waals surface area contributed by atoms with Gasteiger partial charge in [0.15, 0.2) is 11.5 Å². The van der Waals surface area contributed by atoms with Crippen LogP contribution in [0.5, 0.6) is 11.5 Å². The molecule has 3 aliphatic heterocycles. The van der Waals surface area contributed by atoms with Crippen molar-refractivity contribution in [3.05, 3.63) is 23.8 Å². The van der Waals surface area contributed by atoms with E-state index in [2.05, 4.69) is 20.4 Å². The van der Waals surface area contributed by atoms with Crippen molar-refractivity contribution in [2.75, 3.05) is 79.0 Å². The molecule has 1 aromatic carbocycles. The van der Waals surface area contributed by atoms with E-state index in [-0.39, 0.29) is 12.8 Å². The van der Waals surface area contributed by atoms with Crippen LogP contribution in [-0.2, 0) is 19.1 Å². The number of nitrogens with zero attached hydrogens (tertiary/aromatic N) is 2. The van der Waals surface area contributed by atoms with Crippen molar-refractivity contribution in [2.24, 2.45) is 0 Å². The van der Waals surface area contributed by atoms with Gasteiger partial charge in [0.05, 0.1) is 32.5 Å². The highest BCUT2D eigenvalue weighted by molar-refractivity contribution is 6.35. The Morgan fingerprint density at radius 2 is 1.58 bits per heavy atom. The normalized spacial score (nSPS) is 20.3. The predicted octanol–water partition coefficient (Wildman–Crippen LogP) is -0.647. The van der Waals surface area contributed by atoms with E-state index < -0.39 is 11.8 Å². The zero-order valence-corrected chi connectivity index (χ0v) is 17.6. The molecule has 3 heterocycles. The van der Waals surface area contributed by atoms with E-state index in [1.54, 1.807) is 0 Å². The topological polar surface area (TPSA) is 102 Å². The summed E-state index contributed by atoms with van der Waals surface area (Å²) in [5, 5.41) is 5.50. The van der Waals surface area contributed by atoms with Crippen LogP contribution < -0.4 is 20.1 Å². The summed E-state index contributed by atoms with van der Waals surface area (Å²) >= 11 is 0. The third-order valence-electron chi connectivity index (χ3n) is 5.75. The highest BCUT2D eigenvalue weighted by atomic mass is 16.7. The Hall–Kier alpha value is -2.40. The van der Waals surface area contributed by atoms with E-state index in [0.717, 1.165) is 31.7 Å². The highest BCUT2D eigenvalue weighted by Crippen LogP contribution is 2.35. The maximum Gasteiger partial charge on any atom is 0.309 e. The molecular formula is C21H30N4O6. The Morgan fingerprint density at radius 3 is 2.35 bits per heavy atom. The SMILES string of the molecule is O=C(NCCN1CCOCC1)C(=O)NCC(c1ccc2c(c1)OCO2)N1CCOCC1. The number of nitrogens with one attached hydrogen (secondary N) is 2. The summed E-state index contributed by atoms with van der Waals surface area (Å²) in [6.07, 6.45) is 0. The van der Waals surface area contributed by atoms with Crippen LogP contribution in [0, 0.1) is 0 Å². The first-order chi connectivity index (χ1) is 15.2. The molecule has 3 aliphatic rings. The van der Waals surface area contributed by atoms with E-state index in [9.17, 15) is 9.59 Å². The number of hydrogen-bond acceptors (Lipinski definition) is 8. The van der Waals surface area contributed by atoms with Crippen molar-refractivity contribution in [1.29, 1.82) is 0 Å². The zero-order valence-electron chi connectivity index (χ0n) is 17.6.